The van der Waals surface area contributed by atoms with Gasteiger partial charge >= 0.3 is 0 Å². The maximum Gasteiger partial charge on any atom is 0.129 e. The number of hydrogen-bond acceptors (Lipinski definition) is 3. The molecule has 3 nitrogen and oxygen atoms in total. The summed E-state index contributed by atoms with van der Waals surface area (Å²) in [6.45, 7) is 4.53. The van der Waals surface area contributed by atoms with Gasteiger partial charge in [-0.15, -0.1) is 0 Å². The van der Waals surface area contributed by atoms with Gasteiger partial charge in [0.2, 0.25) is 0 Å². The topological polar surface area (TPSA) is 36.4 Å². The second-order valence-corrected chi connectivity index (χ2v) is 5.52. The number of nitrogens with zero attached hydrogens (tertiary/aromatic N) is 2. The fraction of sp³-hybridized carbons (Fsp3) is 0.353. The van der Waals surface area contributed by atoms with Crippen molar-refractivity contribution < 1.29 is 9.50 Å². The highest BCUT2D eigenvalue weighted by atomic mass is 19.1. The first-order valence-corrected chi connectivity index (χ1v) is 7.07. The summed E-state index contributed by atoms with van der Waals surface area (Å²) in [6.07, 6.45) is 0. The van der Waals surface area contributed by atoms with Gasteiger partial charge in [-0.2, -0.15) is 0 Å². The van der Waals surface area contributed by atoms with Crippen molar-refractivity contribution in [2.45, 2.75) is 32.9 Å². The minimum Gasteiger partial charge on any atom is -0.392 e. The normalized spacial score (nSPS) is 11.0. The van der Waals surface area contributed by atoms with E-state index in [1.807, 2.05) is 30.1 Å². The highest BCUT2D eigenvalue weighted by Gasteiger charge is 2.11. The maximum absolute atomic E-state index is 13.7. The van der Waals surface area contributed by atoms with Crippen molar-refractivity contribution >= 4 is 5.82 Å². The van der Waals surface area contributed by atoms with Crippen LogP contribution in [0.15, 0.2) is 36.4 Å². The molecular formula is C17H21FN2O. The smallest absolute Gasteiger partial charge is 0.129 e. The summed E-state index contributed by atoms with van der Waals surface area (Å²) < 4.78 is 13.7. The van der Waals surface area contributed by atoms with Crippen LogP contribution >= 0.6 is 0 Å². The third-order valence-corrected chi connectivity index (χ3v) is 3.42. The average molecular weight is 288 g/mol. The predicted molar refractivity (Wildman–Crippen MR) is 82.8 cm³/mol. The first-order valence-electron chi connectivity index (χ1n) is 7.07. The molecular weight excluding hydrogens is 267 g/mol. The zero-order chi connectivity index (χ0) is 15.4. The Balaban J connectivity index is 2.28. The molecule has 0 aliphatic heterocycles. The molecule has 0 aliphatic carbocycles. The SMILES string of the molecule is CC(C)c1cc(CO)cc(N(C)Cc2ccccc2F)n1. The van der Waals surface area contributed by atoms with Gasteiger partial charge in [0.1, 0.15) is 11.6 Å². The molecule has 0 fully saturated rings. The summed E-state index contributed by atoms with van der Waals surface area (Å²) in [5, 5.41) is 9.38. The van der Waals surface area contributed by atoms with Crippen LogP contribution in [0.2, 0.25) is 0 Å². The van der Waals surface area contributed by atoms with Crippen molar-refractivity contribution in [2.75, 3.05) is 11.9 Å². The van der Waals surface area contributed by atoms with Gasteiger partial charge in [-0.1, -0.05) is 32.0 Å². The van der Waals surface area contributed by atoms with E-state index in [-0.39, 0.29) is 18.3 Å². The quantitative estimate of drug-likeness (QED) is 0.915. The van der Waals surface area contributed by atoms with Crippen molar-refractivity contribution in [3.63, 3.8) is 0 Å². The van der Waals surface area contributed by atoms with E-state index in [1.165, 1.54) is 6.07 Å². The van der Waals surface area contributed by atoms with E-state index in [4.69, 9.17) is 0 Å². The van der Waals surface area contributed by atoms with Crippen molar-refractivity contribution in [1.82, 2.24) is 4.98 Å². The molecule has 1 aromatic carbocycles. The number of aromatic nitrogens is 1. The van der Waals surface area contributed by atoms with Crippen LogP contribution in [0.25, 0.3) is 0 Å². The Morgan fingerprint density at radius 1 is 1.24 bits per heavy atom. The van der Waals surface area contributed by atoms with Crippen molar-refractivity contribution in [3.05, 3.63) is 59.0 Å². The fourth-order valence-corrected chi connectivity index (χ4v) is 2.14. The van der Waals surface area contributed by atoms with E-state index < -0.39 is 0 Å². The largest absolute Gasteiger partial charge is 0.392 e. The lowest BCUT2D eigenvalue weighted by Gasteiger charge is -2.21. The molecule has 2 rings (SSSR count). The summed E-state index contributed by atoms with van der Waals surface area (Å²) in [7, 11) is 1.88. The number of halogens is 1. The number of hydrogen-bond donors (Lipinski definition) is 1. The first-order chi connectivity index (χ1) is 10.0. The predicted octanol–water partition coefficient (Wildman–Crippen LogP) is 3.47. The second-order valence-electron chi connectivity index (χ2n) is 5.52. The van der Waals surface area contributed by atoms with Crippen LogP contribution in [0, 0.1) is 5.82 Å². The molecule has 0 saturated heterocycles. The number of benzene rings is 1. The van der Waals surface area contributed by atoms with Crippen LogP contribution in [0.5, 0.6) is 0 Å². The molecule has 0 aliphatic rings. The molecule has 0 bridgehead atoms. The monoisotopic (exact) mass is 288 g/mol. The molecule has 0 saturated carbocycles. The highest BCUT2D eigenvalue weighted by molar-refractivity contribution is 5.43. The molecule has 0 spiro atoms. The summed E-state index contributed by atoms with van der Waals surface area (Å²) in [4.78, 5) is 6.49. The Bertz CT molecular complexity index is 613. The standard InChI is InChI=1S/C17H21FN2O/c1-12(2)16-8-13(11-21)9-17(19-16)20(3)10-14-6-4-5-7-15(14)18/h4-9,12,21H,10-11H2,1-3H3. The summed E-state index contributed by atoms with van der Waals surface area (Å²) in [6, 6.07) is 10.5. The van der Waals surface area contributed by atoms with E-state index in [9.17, 15) is 9.50 Å². The number of pyridine rings is 1. The lowest BCUT2D eigenvalue weighted by Crippen LogP contribution is -2.19. The Morgan fingerprint density at radius 3 is 2.57 bits per heavy atom. The molecule has 0 atom stereocenters. The van der Waals surface area contributed by atoms with E-state index >= 15 is 0 Å². The van der Waals surface area contributed by atoms with Gasteiger partial charge in [-0.3, -0.25) is 0 Å². The molecule has 2 aromatic rings. The third kappa shape index (κ3) is 3.79. The van der Waals surface area contributed by atoms with Gasteiger partial charge < -0.3 is 10.0 Å². The van der Waals surface area contributed by atoms with Crippen LogP contribution in [0.3, 0.4) is 0 Å². The first kappa shape index (κ1) is 15.4. The lowest BCUT2D eigenvalue weighted by atomic mass is 10.1. The molecule has 0 amide bonds. The van der Waals surface area contributed by atoms with E-state index in [0.29, 0.717) is 12.1 Å². The summed E-state index contributed by atoms with van der Waals surface area (Å²) >= 11 is 0. The van der Waals surface area contributed by atoms with Gasteiger partial charge in [0.15, 0.2) is 0 Å². The van der Waals surface area contributed by atoms with Gasteiger partial charge in [-0.25, -0.2) is 9.37 Å². The van der Waals surface area contributed by atoms with Gasteiger partial charge in [0, 0.05) is 24.8 Å². The number of aliphatic hydroxyl groups is 1. The number of rotatable bonds is 5. The van der Waals surface area contributed by atoms with Crippen molar-refractivity contribution in [2.24, 2.45) is 0 Å². The van der Waals surface area contributed by atoms with Gasteiger partial charge in [-0.05, 0) is 29.7 Å². The minimum absolute atomic E-state index is 0.0250. The van der Waals surface area contributed by atoms with Crippen LogP contribution in [0.4, 0.5) is 10.2 Å². The van der Waals surface area contributed by atoms with Crippen molar-refractivity contribution in [3.8, 4) is 0 Å². The van der Waals surface area contributed by atoms with E-state index in [1.54, 1.807) is 12.1 Å². The molecule has 112 valence electrons. The Kier molecular flexibility index (Phi) is 4.91. The average Bonchev–Trinajstić information content (AvgIpc) is 2.49. The minimum atomic E-state index is -0.216. The number of anilines is 1. The van der Waals surface area contributed by atoms with Gasteiger partial charge in [0.05, 0.1) is 6.61 Å². The van der Waals surface area contributed by atoms with Crippen molar-refractivity contribution in [1.29, 1.82) is 0 Å². The molecule has 4 heteroatoms. The summed E-state index contributed by atoms with van der Waals surface area (Å²) in [5.74, 6) is 0.803. The number of aliphatic hydroxyl groups excluding tert-OH is 1. The Labute approximate surface area is 125 Å². The van der Waals surface area contributed by atoms with E-state index in [2.05, 4.69) is 18.8 Å². The van der Waals surface area contributed by atoms with E-state index in [0.717, 1.165) is 17.1 Å². The highest BCUT2D eigenvalue weighted by Crippen LogP contribution is 2.21. The Hall–Kier alpha value is -1.94. The summed E-state index contributed by atoms with van der Waals surface area (Å²) in [5.41, 5.74) is 2.38. The third-order valence-electron chi connectivity index (χ3n) is 3.42. The zero-order valence-corrected chi connectivity index (χ0v) is 12.7. The van der Waals surface area contributed by atoms with Crippen LogP contribution in [-0.4, -0.2) is 17.1 Å². The maximum atomic E-state index is 13.7. The van der Waals surface area contributed by atoms with Gasteiger partial charge in [0.25, 0.3) is 0 Å². The molecule has 1 N–H and O–H groups in total. The van der Waals surface area contributed by atoms with Crippen LogP contribution in [-0.2, 0) is 13.2 Å². The lowest BCUT2D eigenvalue weighted by molar-refractivity contribution is 0.281. The van der Waals surface area contributed by atoms with Crippen LogP contribution < -0.4 is 4.90 Å². The second kappa shape index (κ2) is 6.68. The Morgan fingerprint density at radius 2 is 1.95 bits per heavy atom. The zero-order valence-electron chi connectivity index (χ0n) is 12.7. The molecule has 0 unspecified atom stereocenters. The molecule has 0 radical (unpaired) electrons. The molecule has 1 aromatic heterocycles. The molecule has 1 heterocycles. The van der Waals surface area contributed by atoms with Crippen LogP contribution in [0.1, 0.15) is 36.6 Å². The fourth-order valence-electron chi connectivity index (χ4n) is 2.14. The molecule has 21 heavy (non-hydrogen) atoms.